The molecule has 7 heteroatoms. The fourth-order valence-electron chi connectivity index (χ4n) is 2.22. The summed E-state index contributed by atoms with van der Waals surface area (Å²) < 4.78 is 0. The number of piperazine rings is 1. The van der Waals surface area contributed by atoms with Crippen molar-refractivity contribution >= 4 is 23.2 Å². The number of nitrogens with zero attached hydrogens (tertiary/aromatic N) is 2. The molecule has 21 heavy (non-hydrogen) atoms. The standard InChI is InChI=1S/C14H22N4O2S/c1-17(14(20)12-3-2-10-21-12)11-13(19)16-6-9-18-7-4-15-5-8-18/h2-3,10,15H,4-9,11H2,1H3,(H,16,19). The summed E-state index contributed by atoms with van der Waals surface area (Å²) in [5.41, 5.74) is 0. The Balaban J connectivity index is 1.65. The molecule has 2 amide bonds. The van der Waals surface area contributed by atoms with Crippen molar-refractivity contribution in [2.75, 3.05) is 52.9 Å². The van der Waals surface area contributed by atoms with Crippen LogP contribution in [0, 0.1) is 0 Å². The van der Waals surface area contributed by atoms with Crippen molar-refractivity contribution in [1.82, 2.24) is 20.4 Å². The number of carbonyl (C=O) groups excluding carboxylic acids is 2. The molecule has 6 nitrogen and oxygen atoms in total. The summed E-state index contributed by atoms with van der Waals surface area (Å²) in [6.45, 7) is 5.63. The number of carbonyl (C=O) groups is 2. The number of likely N-dealkylation sites (N-methyl/N-ethyl adjacent to an activating group) is 1. The lowest BCUT2D eigenvalue weighted by molar-refractivity contribution is -0.121. The van der Waals surface area contributed by atoms with E-state index in [2.05, 4.69) is 15.5 Å². The molecule has 1 aromatic rings. The second-order valence-electron chi connectivity index (χ2n) is 5.08. The third kappa shape index (κ3) is 5.11. The minimum atomic E-state index is -0.113. The molecular weight excluding hydrogens is 288 g/mol. The molecule has 0 saturated carbocycles. The molecule has 0 bridgehead atoms. The summed E-state index contributed by atoms with van der Waals surface area (Å²) in [6.07, 6.45) is 0. The molecule has 1 saturated heterocycles. The first kappa shape index (κ1) is 15.9. The summed E-state index contributed by atoms with van der Waals surface area (Å²) >= 11 is 1.39. The maximum Gasteiger partial charge on any atom is 0.264 e. The normalized spacial score (nSPS) is 15.7. The van der Waals surface area contributed by atoms with E-state index in [1.54, 1.807) is 13.1 Å². The quantitative estimate of drug-likeness (QED) is 0.766. The van der Waals surface area contributed by atoms with Gasteiger partial charge >= 0.3 is 0 Å². The zero-order chi connectivity index (χ0) is 15.1. The maximum atomic E-state index is 12.0. The van der Waals surface area contributed by atoms with Gasteiger partial charge in [-0.25, -0.2) is 0 Å². The van der Waals surface area contributed by atoms with Crippen LogP contribution in [0.5, 0.6) is 0 Å². The van der Waals surface area contributed by atoms with Gasteiger partial charge in [-0.1, -0.05) is 6.07 Å². The van der Waals surface area contributed by atoms with Gasteiger partial charge in [0.2, 0.25) is 5.91 Å². The summed E-state index contributed by atoms with van der Waals surface area (Å²) in [6, 6.07) is 3.60. The van der Waals surface area contributed by atoms with E-state index in [1.807, 2.05) is 11.4 Å². The molecule has 1 aliphatic heterocycles. The Labute approximate surface area is 129 Å². The number of hydrogen-bond donors (Lipinski definition) is 2. The molecule has 0 radical (unpaired) electrons. The van der Waals surface area contributed by atoms with E-state index >= 15 is 0 Å². The van der Waals surface area contributed by atoms with Gasteiger partial charge in [0.1, 0.15) is 0 Å². The zero-order valence-electron chi connectivity index (χ0n) is 12.3. The predicted molar refractivity (Wildman–Crippen MR) is 83.6 cm³/mol. The van der Waals surface area contributed by atoms with Gasteiger partial charge in [0.15, 0.2) is 0 Å². The lowest BCUT2D eigenvalue weighted by Gasteiger charge is -2.27. The van der Waals surface area contributed by atoms with Crippen LogP contribution in [0.1, 0.15) is 9.67 Å². The van der Waals surface area contributed by atoms with Gasteiger partial charge in [-0.15, -0.1) is 11.3 Å². The molecule has 0 atom stereocenters. The van der Waals surface area contributed by atoms with Gasteiger partial charge < -0.3 is 15.5 Å². The van der Waals surface area contributed by atoms with Crippen molar-refractivity contribution in [3.63, 3.8) is 0 Å². The number of thiophene rings is 1. The Morgan fingerprint density at radius 3 is 2.86 bits per heavy atom. The fourth-order valence-corrected chi connectivity index (χ4v) is 2.94. The van der Waals surface area contributed by atoms with Crippen LogP contribution >= 0.6 is 11.3 Å². The molecule has 1 aliphatic rings. The third-order valence-electron chi connectivity index (χ3n) is 3.42. The second-order valence-corrected chi connectivity index (χ2v) is 6.03. The molecule has 0 spiro atoms. The highest BCUT2D eigenvalue weighted by molar-refractivity contribution is 7.12. The average Bonchev–Trinajstić information content (AvgIpc) is 3.01. The molecule has 2 rings (SSSR count). The molecule has 0 aromatic carbocycles. The van der Waals surface area contributed by atoms with Crippen LogP contribution in [-0.4, -0.2) is 74.5 Å². The van der Waals surface area contributed by atoms with E-state index < -0.39 is 0 Å². The Morgan fingerprint density at radius 2 is 2.19 bits per heavy atom. The molecule has 0 unspecified atom stereocenters. The number of amides is 2. The molecule has 1 aromatic heterocycles. The van der Waals surface area contributed by atoms with Gasteiger partial charge in [0.25, 0.3) is 5.91 Å². The minimum Gasteiger partial charge on any atom is -0.353 e. The van der Waals surface area contributed by atoms with Gasteiger partial charge in [0.05, 0.1) is 11.4 Å². The number of nitrogens with one attached hydrogen (secondary N) is 2. The largest absolute Gasteiger partial charge is 0.353 e. The summed E-state index contributed by atoms with van der Waals surface area (Å²) in [5, 5.41) is 8.02. The van der Waals surface area contributed by atoms with E-state index in [4.69, 9.17) is 0 Å². The lowest BCUT2D eigenvalue weighted by atomic mass is 10.3. The van der Waals surface area contributed by atoms with E-state index in [-0.39, 0.29) is 18.4 Å². The smallest absolute Gasteiger partial charge is 0.264 e. The van der Waals surface area contributed by atoms with Gasteiger partial charge in [0, 0.05) is 46.3 Å². The van der Waals surface area contributed by atoms with E-state index in [0.717, 1.165) is 32.7 Å². The summed E-state index contributed by atoms with van der Waals surface area (Å²) in [5.74, 6) is -0.222. The molecular formula is C14H22N4O2S. The first-order valence-corrected chi connectivity index (χ1v) is 8.03. The van der Waals surface area contributed by atoms with Crippen LogP contribution in [0.3, 0.4) is 0 Å². The predicted octanol–water partition coefficient (Wildman–Crippen LogP) is -0.158. The van der Waals surface area contributed by atoms with Crippen molar-refractivity contribution in [3.05, 3.63) is 22.4 Å². The highest BCUT2D eigenvalue weighted by Crippen LogP contribution is 2.10. The molecule has 1 fully saturated rings. The van der Waals surface area contributed by atoms with Crippen LogP contribution < -0.4 is 10.6 Å². The van der Waals surface area contributed by atoms with Crippen molar-refractivity contribution in [3.8, 4) is 0 Å². The van der Waals surface area contributed by atoms with Crippen LogP contribution in [0.25, 0.3) is 0 Å². The van der Waals surface area contributed by atoms with Gasteiger partial charge in [-0.05, 0) is 11.4 Å². The monoisotopic (exact) mass is 310 g/mol. The van der Waals surface area contributed by atoms with E-state index in [9.17, 15) is 9.59 Å². The molecule has 116 valence electrons. The third-order valence-corrected chi connectivity index (χ3v) is 4.28. The minimum absolute atomic E-state index is 0.0955. The zero-order valence-corrected chi connectivity index (χ0v) is 13.1. The highest BCUT2D eigenvalue weighted by Gasteiger charge is 2.15. The molecule has 2 heterocycles. The SMILES string of the molecule is CN(CC(=O)NCCN1CCNCC1)C(=O)c1cccs1. The summed E-state index contributed by atoms with van der Waals surface area (Å²) in [7, 11) is 1.65. The van der Waals surface area contributed by atoms with Gasteiger partial charge in [-0.2, -0.15) is 0 Å². The first-order valence-electron chi connectivity index (χ1n) is 7.15. The van der Waals surface area contributed by atoms with Crippen LogP contribution in [0.2, 0.25) is 0 Å². The maximum absolute atomic E-state index is 12.0. The average molecular weight is 310 g/mol. The Bertz CT molecular complexity index is 458. The van der Waals surface area contributed by atoms with E-state index in [0.29, 0.717) is 11.4 Å². The summed E-state index contributed by atoms with van der Waals surface area (Å²) in [4.78, 5) is 28.3. The number of rotatable bonds is 6. The second kappa shape index (κ2) is 8.11. The van der Waals surface area contributed by atoms with Crippen LogP contribution in [0.4, 0.5) is 0 Å². The van der Waals surface area contributed by atoms with Crippen LogP contribution in [-0.2, 0) is 4.79 Å². The van der Waals surface area contributed by atoms with Crippen molar-refractivity contribution in [2.24, 2.45) is 0 Å². The van der Waals surface area contributed by atoms with Gasteiger partial charge in [-0.3, -0.25) is 14.5 Å². The topological polar surface area (TPSA) is 64.7 Å². The highest BCUT2D eigenvalue weighted by atomic mass is 32.1. The van der Waals surface area contributed by atoms with Crippen LogP contribution in [0.15, 0.2) is 17.5 Å². The number of hydrogen-bond acceptors (Lipinski definition) is 5. The Hall–Kier alpha value is -1.44. The fraction of sp³-hybridized carbons (Fsp3) is 0.571. The van der Waals surface area contributed by atoms with Crippen molar-refractivity contribution in [1.29, 1.82) is 0 Å². The van der Waals surface area contributed by atoms with Crippen molar-refractivity contribution in [2.45, 2.75) is 0 Å². The Kier molecular flexibility index (Phi) is 6.16. The Morgan fingerprint density at radius 1 is 1.43 bits per heavy atom. The van der Waals surface area contributed by atoms with Crippen molar-refractivity contribution < 1.29 is 9.59 Å². The molecule has 0 aliphatic carbocycles. The first-order chi connectivity index (χ1) is 10.2. The lowest BCUT2D eigenvalue weighted by Crippen LogP contribution is -2.47. The molecule has 2 N–H and O–H groups in total. The van der Waals surface area contributed by atoms with E-state index in [1.165, 1.54) is 16.2 Å².